The third kappa shape index (κ3) is 3.69. The van der Waals surface area contributed by atoms with Crippen LogP contribution in [-0.4, -0.2) is 27.3 Å². The van der Waals surface area contributed by atoms with Crippen LogP contribution >= 0.6 is 11.8 Å². The van der Waals surface area contributed by atoms with Gasteiger partial charge in [0.15, 0.2) is 0 Å². The first-order chi connectivity index (χ1) is 10.4. The van der Waals surface area contributed by atoms with Gasteiger partial charge in [-0.05, 0) is 37.3 Å². The lowest BCUT2D eigenvalue weighted by atomic mass is 9.95. The van der Waals surface area contributed by atoms with E-state index >= 15 is 0 Å². The zero-order valence-corrected chi connectivity index (χ0v) is 13.4. The van der Waals surface area contributed by atoms with E-state index in [2.05, 4.69) is 34.9 Å². The van der Waals surface area contributed by atoms with Crippen molar-refractivity contribution in [2.24, 2.45) is 0 Å². The predicted molar refractivity (Wildman–Crippen MR) is 90.0 cm³/mol. The highest BCUT2D eigenvalue weighted by Gasteiger charge is 2.23. The van der Waals surface area contributed by atoms with Crippen LogP contribution in [0, 0.1) is 0 Å². The minimum Gasteiger partial charge on any atom is -0.307 e. The number of benzene rings is 1. The summed E-state index contributed by atoms with van der Waals surface area (Å²) in [6.07, 6.45) is 9.65. The SMILES string of the molecule is CSC1CCCCC1NCc1ccn(-c2ccccc2)n1. The number of aromatic nitrogens is 2. The van der Waals surface area contributed by atoms with Gasteiger partial charge in [-0.3, -0.25) is 0 Å². The highest BCUT2D eigenvalue weighted by molar-refractivity contribution is 7.99. The molecule has 0 saturated heterocycles. The molecule has 0 bridgehead atoms. The van der Waals surface area contributed by atoms with Crippen molar-refractivity contribution < 1.29 is 0 Å². The van der Waals surface area contributed by atoms with E-state index in [0.717, 1.165) is 23.2 Å². The van der Waals surface area contributed by atoms with Crippen LogP contribution in [0.25, 0.3) is 5.69 Å². The highest BCUT2D eigenvalue weighted by atomic mass is 32.2. The van der Waals surface area contributed by atoms with Crippen molar-refractivity contribution in [1.82, 2.24) is 15.1 Å². The van der Waals surface area contributed by atoms with E-state index in [-0.39, 0.29) is 0 Å². The van der Waals surface area contributed by atoms with Crippen LogP contribution in [0.4, 0.5) is 0 Å². The molecule has 1 saturated carbocycles. The minimum absolute atomic E-state index is 0.635. The number of para-hydroxylation sites is 1. The molecule has 2 atom stereocenters. The van der Waals surface area contributed by atoms with Crippen LogP contribution in [-0.2, 0) is 6.54 Å². The summed E-state index contributed by atoms with van der Waals surface area (Å²) in [5.41, 5.74) is 2.23. The molecular weight excluding hydrogens is 278 g/mol. The van der Waals surface area contributed by atoms with Gasteiger partial charge in [-0.25, -0.2) is 4.68 Å². The quantitative estimate of drug-likeness (QED) is 0.914. The molecule has 3 rings (SSSR count). The summed E-state index contributed by atoms with van der Waals surface area (Å²) in [5, 5.41) is 9.13. The summed E-state index contributed by atoms with van der Waals surface area (Å²) in [6.45, 7) is 0.863. The van der Waals surface area contributed by atoms with Gasteiger partial charge in [0, 0.05) is 24.0 Å². The number of hydrogen-bond acceptors (Lipinski definition) is 3. The Bertz CT molecular complexity index is 552. The monoisotopic (exact) mass is 301 g/mol. The molecule has 0 amide bonds. The van der Waals surface area contributed by atoms with Gasteiger partial charge in [-0.15, -0.1) is 0 Å². The first kappa shape index (κ1) is 14.7. The topological polar surface area (TPSA) is 29.9 Å². The summed E-state index contributed by atoms with van der Waals surface area (Å²) < 4.78 is 1.95. The summed E-state index contributed by atoms with van der Waals surface area (Å²) in [7, 11) is 0. The van der Waals surface area contributed by atoms with Crippen LogP contribution in [0.15, 0.2) is 42.6 Å². The van der Waals surface area contributed by atoms with Crippen molar-refractivity contribution in [3.63, 3.8) is 0 Å². The molecule has 1 heterocycles. The molecule has 0 spiro atoms. The highest BCUT2D eigenvalue weighted by Crippen LogP contribution is 2.27. The Morgan fingerprint density at radius 1 is 1.19 bits per heavy atom. The lowest BCUT2D eigenvalue weighted by molar-refractivity contribution is 0.381. The van der Waals surface area contributed by atoms with E-state index in [0.29, 0.717) is 6.04 Å². The number of hydrogen-bond donors (Lipinski definition) is 1. The third-order valence-electron chi connectivity index (χ3n) is 4.22. The van der Waals surface area contributed by atoms with Gasteiger partial charge in [0.1, 0.15) is 0 Å². The molecule has 112 valence electrons. The Balaban J connectivity index is 1.60. The summed E-state index contributed by atoms with van der Waals surface area (Å²) in [6, 6.07) is 13.0. The molecule has 0 radical (unpaired) electrons. The van der Waals surface area contributed by atoms with Gasteiger partial charge in [0.25, 0.3) is 0 Å². The molecule has 1 N–H and O–H groups in total. The second-order valence-corrected chi connectivity index (χ2v) is 6.71. The van der Waals surface area contributed by atoms with Crippen molar-refractivity contribution in [2.45, 2.75) is 43.5 Å². The summed E-state index contributed by atoms with van der Waals surface area (Å²) in [5.74, 6) is 0. The molecule has 1 aromatic carbocycles. The van der Waals surface area contributed by atoms with Gasteiger partial charge in [0.05, 0.1) is 11.4 Å². The Morgan fingerprint density at radius 2 is 2.00 bits per heavy atom. The second kappa shape index (κ2) is 7.14. The van der Waals surface area contributed by atoms with Crippen molar-refractivity contribution in [3.05, 3.63) is 48.3 Å². The molecule has 1 fully saturated rings. The first-order valence-electron chi connectivity index (χ1n) is 7.73. The van der Waals surface area contributed by atoms with Crippen LogP contribution < -0.4 is 5.32 Å². The van der Waals surface area contributed by atoms with Crippen LogP contribution in [0.3, 0.4) is 0 Å². The first-order valence-corrected chi connectivity index (χ1v) is 9.02. The van der Waals surface area contributed by atoms with Crippen LogP contribution in [0.5, 0.6) is 0 Å². The standard InChI is InChI=1S/C17H23N3S/c1-21-17-10-6-5-9-16(17)18-13-14-11-12-20(19-14)15-7-3-2-4-8-15/h2-4,7-8,11-12,16-18H,5-6,9-10,13H2,1H3. The predicted octanol–water partition coefficient (Wildman–Crippen LogP) is 3.64. The molecule has 1 aromatic heterocycles. The second-order valence-electron chi connectivity index (χ2n) is 5.63. The lowest BCUT2D eigenvalue weighted by Gasteiger charge is -2.30. The normalized spacial score (nSPS) is 22.3. The molecule has 4 heteroatoms. The molecule has 1 aliphatic carbocycles. The summed E-state index contributed by atoms with van der Waals surface area (Å²) in [4.78, 5) is 0. The summed E-state index contributed by atoms with van der Waals surface area (Å²) >= 11 is 2.00. The molecule has 1 aliphatic rings. The van der Waals surface area contributed by atoms with E-state index in [1.807, 2.05) is 40.8 Å². The Morgan fingerprint density at radius 3 is 2.81 bits per heavy atom. The largest absolute Gasteiger partial charge is 0.307 e. The maximum absolute atomic E-state index is 4.66. The molecule has 21 heavy (non-hydrogen) atoms. The van der Waals surface area contributed by atoms with E-state index in [4.69, 9.17) is 0 Å². The van der Waals surface area contributed by atoms with Gasteiger partial charge in [-0.1, -0.05) is 31.0 Å². The zero-order chi connectivity index (χ0) is 14.5. The van der Waals surface area contributed by atoms with Gasteiger partial charge >= 0.3 is 0 Å². The minimum atomic E-state index is 0.635. The van der Waals surface area contributed by atoms with E-state index in [1.54, 1.807) is 0 Å². The molecule has 2 unspecified atom stereocenters. The Labute approximate surface area is 131 Å². The van der Waals surface area contributed by atoms with Crippen molar-refractivity contribution in [3.8, 4) is 5.69 Å². The molecule has 0 aliphatic heterocycles. The van der Waals surface area contributed by atoms with Crippen LogP contribution in [0.1, 0.15) is 31.4 Å². The Hall–Kier alpha value is -1.26. The van der Waals surface area contributed by atoms with E-state index < -0.39 is 0 Å². The number of nitrogens with zero attached hydrogens (tertiary/aromatic N) is 2. The number of nitrogens with one attached hydrogen (secondary N) is 1. The fraction of sp³-hybridized carbons (Fsp3) is 0.471. The van der Waals surface area contributed by atoms with E-state index in [1.165, 1.54) is 25.7 Å². The maximum atomic E-state index is 4.66. The van der Waals surface area contributed by atoms with Gasteiger partial charge in [0.2, 0.25) is 0 Å². The molecule has 3 nitrogen and oxygen atoms in total. The lowest BCUT2D eigenvalue weighted by Crippen LogP contribution is -2.40. The van der Waals surface area contributed by atoms with Crippen molar-refractivity contribution in [2.75, 3.05) is 6.26 Å². The zero-order valence-electron chi connectivity index (χ0n) is 12.5. The van der Waals surface area contributed by atoms with Crippen molar-refractivity contribution >= 4 is 11.8 Å². The van der Waals surface area contributed by atoms with Crippen LogP contribution in [0.2, 0.25) is 0 Å². The fourth-order valence-electron chi connectivity index (χ4n) is 3.03. The van der Waals surface area contributed by atoms with Gasteiger partial charge in [-0.2, -0.15) is 16.9 Å². The van der Waals surface area contributed by atoms with Crippen molar-refractivity contribution in [1.29, 1.82) is 0 Å². The average molecular weight is 301 g/mol. The smallest absolute Gasteiger partial charge is 0.0766 e. The maximum Gasteiger partial charge on any atom is 0.0766 e. The number of thioether (sulfide) groups is 1. The fourth-order valence-corrected chi connectivity index (χ4v) is 3.99. The van der Waals surface area contributed by atoms with E-state index in [9.17, 15) is 0 Å². The molecular formula is C17H23N3S. The van der Waals surface area contributed by atoms with Gasteiger partial charge < -0.3 is 5.32 Å². The third-order valence-corrected chi connectivity index (χ3v) is 5.39. The molecule has 2 aromatic rings. The Kier molecular flexibility index (Phi) is 4.99. The average Bonchev–Trinajstić information content (AvgIpc) is 3.03. The number of rotatable bonds is 5.